The van der Waals surface area contributed by atoms with Crippen molar-refractivity contribution in [2.45, 2.75) is 64.8 Å². The topological polar surface area (TPSA) is 56.1 Å². The number of unbranched alkanes of at least 4 members (excludes halogenated alkanes) is 3. The molecule has 0 bridgehead atoms. The van der Waals surface area contributed by atoms with Gasteiger partial charge in [-0.3, -0.25) is 4.79 Å². The van der Waals surface area contributed by atoms with E-state index in [0.29, 0.717) is 18.0 Å². The molecule has 0 fully saturated rings. The van der Waals surface area contributed by atoms with Crippen LogP contribution in [0.25, 0.3) is 11.0 Å². The Morgan fingerprint density at radius 1 is 0.865 bits per heavy atom. The SMILES string of the molecule is CC(C)c1ccccc1OCCCCn1c(CCCCCNC(=O)c2ccccc2)nc2ccccc21. The standard InChI is InChI=1S/C32H39N3O2/c1-25(2)27-17-8-11-20-30(27)37-24-14-13-23-35-29-19-10-9-18-28(29)34-31(35)21-7-4-12-22-33-32(36)26-15-5-3-6-16-26/h3,5-6,8-11,15-20,25H,4,7,12-14,21-24H2,1-2H3,(H,33,36). The van der Waals surface area contributed by atoms with Crippen LogP contribution in [0.15, 0.2) is 78.9 Å². The predicted octanol–water partition coefficient (Wildman–Crippen LogP) is 7.16. The maximum Gasteiger partial charge on any atom is 0.251 e. The van der Waals surface area contributed by atoms with E-state index in [-0.39, 0.29) is 5.91 Å². The molecular weight excluding hydrogens is 458 g/mol. The highest BCUT2D eigenvalue weighted by Gasteiger charge is 2.11. The van der Waals surface area contributed by atoms with E-state index < -0.39 is 0 Å². The van der Waals surface area contributed by atoms with Gasteiger partial charge in [-0.1, -0.05) is 68.8 Å². The van der Waals surface area contributed by atoms with Gasteiger partial charge in [0.25, 0.3) is 5.91 Å². The molecule has 0 aliphatic heterocycles. The molecule has 4 rings (SSSR count). The molecule has 1 heterocycles. The first-order chi connectivity index (χ1) is 18.1. The molecule has 0 radical (unpaired) electrons. The van der Waals surface area contributed by atoms with E-state index in [1.165, 1.54) is 11.1 Å². The second kappa shape index (κ2) is 13.6. The molecule has 4 aromatic rings. The van der Waals surface area contributed by atoms with Crippen molar-refractivity contribution >= 4 is 16.9 Å². The number of carbonyl (C=O) groups is 1. The highest BCUT2D eigenvalue weighted by molar-refractivity contribution is 5.94. The first-order valence-corrected chi connectivity index (χ1v) is 13.6. The quantitative estimate of drug-likeness (QED) is 0.188. The van der Waals surface area contributed by atoms with Crippen LogP contribution in [-0.4, -0.2) is 28.6 Å². The van der Waals surface area contributed by atoms with E-state index in [2.05, 4.69) is 66.2 Å². The Morgan fingerprint density at radius 3 is 2.46 bits per heavy atom. The van der Waals surface area contributed by atoms with Crippen LogP contribution in [0.1, 0.15) is 73.6 Å². The van der Waals surface area contributed by atoms with Crippen LogP contribution in [0.4, 0.5) is 0 Å². The van der Waals surface area contributed by atoms with Crippen molar-refractivity contribution in [3.8, 4) is 5.75 Å². The lowest BCUT2D eigenvalue weighted by Crippen LogP contribution is -2.24. The number of carbonyl (C=O) groups excluding carboxylic acids is 1. The number of hydrogen-bond donors (Lipinski definition) is 1. The van der Waals surface area contributed by atoms with E-state index >= 15 is 0 Å². The number of nitrogens with zero attached hydrogens (tertiary/aromatic N) is 2. The molecule has 5 heteroatoms. The van der Waals surface area contributed by atoms with E-state index in [4.69, 9.17) is 9.72 Å². The van der Waals surface area contributed by atoms with Gasteiger partial charge in [-0.05, 0) is 67.5 Å². The second-order valence-corrected chi connectivity index (χ2v) is 9.85. The number of fused-ring (bicyclic) bond motifs is 1. The van der Waals surface area contributed by atoms with Gasteiger partial charge in [-0.2, -0.15) is 0 Å². The molecule has 37 heavy (non-hydrogen) atoms. The van der Waals surface area contributed by atoms with Crippen LogP contribution in [0.2, 0.25) is 0 Å². The number of hydrogen-bond acceptors (Lipinski definition) is 3. The number of para-hydroxylation sites is 3. The highest BCUT2D eigenvalue weighted by Crippen LogP contribution is 2.26. The summed E-state index contributed by atoms with van der Waals surface area (Å²) in [6, 6.07) is 26.1. The van der Waals surface area contributed by atoms with Gasteiger partial charge in [0.15, 0.2) is 0 Å². The molecule has 3 aromatic carbocycles. The zero-order valence-electron chi connectivity index (χ0n) is 22.2. The Labute approximate surface area is 220 Å². The summed E-state index contributed by atoms with van der Waals surface area (Å²) in [7, 11) is 0. The number of aryl methyl sites for hydroxylation is 2. The minimum absolute atomic E-state index is 0.000865. The van der Waals surface area contributed by atoms with Gasteiger partial charge in [-0.15, -0.1) is 0 Å². The molecule has 194 valence electrons. The Morgan fingerprint density at radius 2 is 1.62 bits per heavy atom. The lowest BCUT2D eigenvalue weighted by atomic mass is 10.0. The fourth-order valence-electron chi connectivity index (χ4n) is 4.69. The molecule has 0 unspecified atom stereocenters. The number of amides is 1. The molecular formula is C32H39N3O2. The molecule has 0 aliphatic carbocycles. The Hall–Kier alpha value is -3.60. The lowest BCUT2D eigenvalue weighted by Gasteiger charge is -2.14. The lowest BCUT2D eigenvalue weighted by molar-refractivity contribution is 0.0953. The minimum Gasteiger partial charge on any atom is -0.493 e. The molecule has 1 N–H and O–H groups in total. The Bertz CT molecular complexity index is 1260. The van der Waals surface area contributed by atoms with Crippen LogP contribution < -0.4 is 10.1 Å². The molecule has 0 saturated carbocycles. The van der Waals surface area contributed by atoms with E-state index in [9.17, 15) is 4.79 Å². The fourth-order valence-corrected chi connectivity index (χ4v) is 4.69. The van der Waals surface area contributed by atoms with Crippen molar-refractivity contribution in [1.29, 1.82) is 0 Å². The van der Waals surface area contributed by atoms with Crippen LogP contribution in [-0.2, 0) is 13.0 Å². The largest absolute Gasteiger partial charge is 0.493 e. The molecule has 5 nitrogen and oxygen atoms in total. The van der Waals surface area contributed by atoms with Crippen molar-refractivity contribution in [3.63, 3.8) is 0 Å². The average molecular weight is 498 g/mol. The highest BCUT2D eigenvalue weighted by atomic mass is 16.5. The van der Waals surface area contributed by atoms with Gasteiger partial charge in [-0.25, -0.2) is 4.98 Å². The van der Waals surface area contributed by atoms with Gasteiger partial charge in [0.1, 0.15) is 11.6 Å². The summed E-state index contributed by atoms with van der Waals surface area (Å²) in [5.41, 5.74) is 4.25. The van der Waals surface area contributed by atoms with Crippen LogP contribution in [0.3, 0.4) is 0 Å². The first kappa shape index (κ1) is 26.5. The number of rotatable bonds is 14. The van der Waals surface area contributed by atoms with Gasteiger partial charge in [0, 0.05) is 25.1 Å². The van der Waals surface area contributed by atoms with Crippen molar-refractivity contribution in [2.75, 3.05) is 13.2 Å². The van der Waals surface area contributed by atoms with Crippen molar-refractivity contribution in [2.24, 2.45) is 0 Å². The second-order valence-electron chi connectivity index (χ2n) is 9.85. The Kier molecular flexibility index (Phi) is 9.75. The number of nitrogens with one attached hydrogen (secondary N) is 1. The third-order valence-electron chi connectivity index (χ3n) is 6.71. The number of aromatic nitrogens is 2. The van der Waals surface area contributed by atoms with Crippen molar-refractivity contribution < 1.29 is 9.53 Å². The maximum atomic E-state index is 12.2. The molecule has 0 saturated heterocycles. The van der Waals surface area contributed by atoms with Gasteiger partial charge >= 0.3 is 0 Å². The summed E-state index contributed by atoms with van der Waals surface area (Å²) in [5.74, 6) is 2.61. The van der Waals surface area contributed by atoms with Gasteiger partial charge in [0.2, 0.25) is 0 Å². The molecule has 0 aliphatic rings. The fraction of sp³-hybridized carbons (Fsp3) is 0.375. The summed E-state index contributed by atoms with van der Waals surface area (Å²) < 4.78 is 8.51. The molecule has 1 amide bonds. The predicted molar refractivity (Wildman–Crippen MR) is 151 cm³/mol. The summed E-state index contributed by atoms with van der Waals surface area (Å²) in [4.78, 5) is 17.1. The number of benzene rings is 3. The van der Waals surface area contributed by atoms with Gasteiger partial charge < -0.3 is 14.6 Å². The number of ether oxygens (including phenoxy) is 1. The molecule has 0 atom stereocenters. The monoisotopic (exact) mass is 497 g/mol. The average Bonchev–Trinajstić information content (AvgIpc) is 3.28. The van der Waals surface area contributed by atoms with E-state index in [1.807, 2.05) is 36.4 Å². The molecule has 1 aromatic heterocycles. The summed E-state index contributed by atoms with van der Waals surface area (Å²) in [6.45, 7) is 6.77. The smallest absolute Gasteiger partial charge is 0.251 e. The minimum atomic E-state index is -0.000865. The van der Waals surface area contributed by atoms with Crippen LogP contribution in [0.5, 0.6) is 5.75 Å². The van der Waals surface area contributed by atoms with E-state index in [1.54, 1.807) is 0 Å². The summed E-state index contributed by atoms with van der Waals surface area (Å²) in [6.07, 6.45) is 6.07. The zero-order valence-corrected chi connectivity index (χ0v) is 22.2. The zero-order chi connectivity index (χ0) is 25.9. The molecule has 0 spiro atoms. The Balaban J connectivity index is 1.23. The van der Waals surface area contributed by atoms with Gasteiger partial charge in [0.05, 0.1) is 17.6 Å². The van der Waals surface area contributed by atoms with Crippen molar-refractivity contribution in [1.82, 2.24) is 14.9 Å². The summed E-state index contributed by atoms with van der Waals surface area (Å²) in [5, 5.41) is 3.02. The third kappa shape index (κ3) is 7.45. The van der Waals surface area contributed by atoms with Crippen LogP contribution in [0, 0.1) is 0 Å². The number of imidazole rings is 1. The van der Waals surface area contributed by atoms with Crippen molar-refractivity contribution in [3.05, 3.63) is 95.8 Å². The van der Waals surface area contributed by atoms with Crippen LogP contribution >= 0.6 is 0 Å². The van der Waals surface area contributed by atoms with E-state index in [0.717, 1.165) is 68.8 Å². The third-order valence-corrected chi connectivity index (χ3v) is 6.71. The normalized spacial score (nSPS) is 11.2. The maximum absolute atomic E-state index is 12.2. The summed E-state index contributed by atoms with van der Waals surface area (Å²) >= 11 is 0. The first-order valence-electron chi connectivity index (χ1n) is 13.6.